The molecule has 0 saturated carbocycles. The third kappa shape index (κ3) is 17.3. The van der Waals surface area contributed by atoms with Crippen molar-refractivity contribution in [3.05, 3.63) is 59.7 Å². The molecular formula is C76H110N4O4. The van der Waals surface area contributed by atoms with Crippen molar-refractivity contribution >= 4 is 76.5 Å². The molecule has 0 saturated heterocycles. The first-order chi connectivity index (χ1) is 40.9. The summed E-state index contributed by atoms with van der Waals surface area (Å²) in [5.41, 5.74) is 8.89. The van der Waals surface area contributed by atoms with Crippen LogP contribution in [0.1, 0.15) is 286 Å². The number of aromatic nitrogens is 4. The van der Waals surface area contributed by atoms with E-state index < -0.39 is 0 Å². The summed E-state index contributed by atoms with van der Waals surface area (Å²) in [5.74, 6) is 3.05. The number of hydrogen-bond acceptors (Lipinski definition) is 8. The summed E-state index contributed by atoms with van der Waals surface area (Å²) in [6.07, 6.45) is 40.0. The lowest BCUT2D eigenvalue weighted by Crippen LogP contribution is -2.13. The smallest absolute Gasteiger partial charge is 0.163 e. The van der Waals surface area contributed by atoms with E-state index in [1.165, 1.54) is 196 Å². The zero-order valence-electron chi connectivity index (χ0n) is 54.5. The highest BCUT2D eigenvalue weighted by Crippen LogP contribution is 2.49. The van der Waals surface area contributed by atoms with Crippen LogP contribution in [0.4, 0.5) is 0 Å². The van der Waals surface area contributed by atoms with Gasteiger partial charge in [0, 0.05) is 56.6 Å². The fourth-order valence-electron chi connectivity index (χ4n) is 12.6. The van der Waals surface area contributed by atoms with Gasteiger partial charge in [-0.15, -0.1) is 0 Å². The molecular weight excluding hydrogens is 1030 g/mol. The van der Waals surface area contributed by atoms with E-state index in [-0.39, 0.29) is 10.8 Å². The van der Waals surface area contributed by atoms with Crippen molar-refractivity contribution in [3.8, 4) is 23.0 Å². The Morgan fingerprint density at radius 2 is 0.571 bits per heavy atom. The van der Waals surface area contributed by atoms with Crippen LogP contribution in [0.25, 0.3) is 76.5 Å². The minimum atomic E-state index is -0.208. The topological polar surface area (TPSA) is 88.5 Å². The van der Waals surface area contributed by atoms with Crippen LogP contribution in [0.3, 0.4) is 0 Å². The minimum Gasteiger partial charge on any atom is -0.490 e. The lowest BCUT2D eigenvalue weighted by molar-refractivity contribution is 0.259. The monoisotopic (exact) mass is 1140 g/mol. The molecule has 8 aromatic rings. The number of benzene rings is 6. The Morgan fingerprint density at radius 3 is 0.881 bits per heavy atom. The second-order valence-electron chi connectivity index (χ2n) is 27.1. The predicted octanol–water partition coefficient (Wildman–Crippen LogP) is 23.4. The Hall–Kier alpha value is -5.24. The summed E-state index contributed by atoms with van der Waals surface area (Å²) in [7, 11) is 0. The maximum Gasteiger partial charge on any atom is 0.163 e. The molecule has 6 aromatic carbocycles. The van der Waals surface area contributed by atoms with Gasteiger partial charge in [0.25, 0.3) is 0 Å². The van der Waals surface area contributed by atoms with Gasteiger partial charge in [-0.25, -0.2) is 19.9 Å². The summed E-state index contributed by atoms with van der Waals surface area (Å²) in [4.78, 5) is 22.8. The average molecular weight is 1140 g/mol. The van der Waals surface area contributed by atoms with Crippen LogP contribution in [0.15, 0.2) is 48.5 Å². The van der Waals surface area contributed by atoms with E-state index in [1.54, 1.807) is 0 Å². The third-order valence-corrected chi connectivity index (χ3v) is 17.8. The van der Waals surface area contributed by atoms with E-state index in [0.717, 1.165) is 120 Å². The van der Waals surface area contributed by atoms with Gasteiger partial charge in [0.15, 0.2) is 23.0 Å². The zero-order valence-corrected chi connectivity index (χ0v) is 54.5. The van der Waals surface area contributed by atoms with Crippen molar-refractivity contribution in [1.29, 1.82) is 0 Å². The Balaban J connectivity index is 1.23. The van der Waals surface area contributed by atoms with Crippen LogP contribution in [0.5, 0.6) is 23.0 Å². The molecule has 0 atom stereocenters. The zero-order chi connectivity index (χ0) is 59.3. The predicted molar refractivity (Wildman–Crippen MR) is 361 cm³/mol. The normalized spacial score (nSPS) is 12.5. The number of fused-ring (bicyclic) bond motifs is 8. The second kappa shape index (κ2) is 32.5. The molecule has 0 fully saturated rings. The molecule has 0 aliphatic carbocycles. The van der Waals surface area contributed by atoms with Gasteiger partial charge >= 0.3 is 0 Å². The van der Waals surface area contributed by atoms with Crippen LogP contribution in [-0.4, -0.2) is 46.4 Å². The lowest BCUT2D eigenvalue weighted by atomic mass is 9.78. The van der Waals surface area contributed by atoms with E-state index in [0.29, 0.717) is 26.4 Å². The molecule has 8 heteroatoms. The molecule has 0 spiro atoms. The van der Waals surface area contributed by atoms with Gasteiger partial charge in [-0.1, -0.05) is 261 Å². The number of rotatable bonds is 40. The van der Waals surface area contributed by atoms with Gasteiger partial charge in [0.2, 0.25) is 0 Å². The molecule has 2 aromatic heterocycles. The highest BCUT2D eigenvalue weighted by Gasteiger charge is 2.29. The highest BCUT2D eigenvalue weighted by atomic mass is 16.5. The van der Waals surface area contributed by atoms with Crippen molar-refractivity contribution in [2.24, 2.45) is 0 Å². The van der Waals surface area contributed by atoms with Crippen LogP contribution < -0.4 is 18.9 Å². The molecule has 458 valence electrons. The lowest BCUT2D eigenvalue weighted by Gasteiger charge is -2.26. The molecule has 0 unspecified atom stereocenters. The highest BCUT2D eigenvalue weighted by molar-refractivity contribution is 6.39. The van der Waals surface area contributed by atoms with Crippen LogP contribution in [0.2, 0.25) is 0 Å². The first-order valence-electron chi connectivity index (χ1n) is 34.5. The van der Waals surface area contributed by atoms with Gasteiger partial charge in [-0.2, -0.15) is 0 Å². The summed E-state index contributed by atoms with van der Waals surface area (Å²) in [6, 6.07) is 17.8. The van der Waals surface area contributed by atoms with E-state index in [9.17, 15) is 0 Å². The largest absolute Gasteiger partial charge is 0.490 e. The standard InChI is InChI=1S/C76H110N4O4/c1-11-15-19-23-27-31-35-39-45-81-64-51-60-61(52-65(64)82-46-40-36-32-28-24-20-16-12-2)78-72-57-49-55(75(5,6)7)50-58-68(57)69-56(71(72)77-60)43-44-59(76(8,9)10)70(69)74-73(58)79-62-53-66(83-47-41-37-33-29-25-21-17-13-3)67(54-63(62)80-74)84-48-42-38-34-30-26-22-18-14-4/h43-44,49-54H,11-42,45-48H2,1-10H3. The van der Waals surface area contributed by atoms with Crippen LogP contribution in [0, 0.1) is 0 Å². The molecule has 0 aliphatic rings. The van der Waals surface area contributed by atoms with Crippen LogP contribution >= 0.6 is 0 Å². The average Bonchev–Trinajstić information content (AvgIpc) is 0.879. The maximum absolute atomic E-state index is 6.73. The molecule has 8 nitrogen and oxygen atoms in total. The van der Waals surface area contributed by atoms with Crippen LogP contribution in [-0.2, 0) is 10.8 Å². The Kier molecular flexibility index (Phi) is 25.0. The van der Waals surface area contributed by atoms with E-state index >= 15 is 0 Å². The first kappa shape index (κ1) is 64.8. The fourth-order valence-corrected chi connectivity index (χ4v) is 12.6. The molecule has 0 aliphatic heterocycles. The SMILES string of the molecule is CCCCCCCCCCOc1cc2nc3c4cc(C(C)(C)C)cc5c6nc7cc(OCCCCCCCCCC)c(OCCCCCCCCCC)cc7nc6c6c(C(C)(C)C)ccc(c3nc2cc1OCCCCCCCCCC)c6c45. The van der Waals surface area contributed by atoms with Crippen molar-refractivity contribution in [1.82, 2.24) is 19.9 Å². The summed E-state index contributed by atoms with van der Waals surface area (Å²) >= 11 is 0. The van der Waals surface area contributed by atoms with Gasteiger partial charge in [0.1, 0.15) is 0 Å². The van der Waals surface area contributed by atoms with Crippen molar-refractivity contribution < 1.29 is 18.9 Å². The first-order valence-corrected chi connectivity index (χ1v) is 34.5. The molecule has 2 heterocycles. The second-order valence-corrected chi connectivity index (χ2v) is 27.1. The quantitative estimate of drug-likeness (QED) is 0.0213. The molecule has 0 bridgehead atoms. The maximum atomic E-state index is 6.73. The van der Waals surface area contributed by atoms with Gasteiger partial charge in [-0.3, -0.25) is 0 Å². The molecule has 0 amide bonds. The Morgan fingerprint density at radius 1 is 0.286 bits per heavy atom. The van der Waals surface area contributed by atoms with E-state index in [1.807, 2.05) is 0 Å². The molecule has 84 heavy (non-hydrogen) atoms. The van der Waals surface area contributed by atoms with E-state index in [4.69, 9.17) is 38.9 Å². The molecule has 8 rings (SSSR count). The number of nitrogens with zero attached hydrogens (tertiary/aromatic N) is 4. The van der Waals surface area contributed by atoms with Gasteiger partial charge in [0.05, 0.1) is 70.6 Å². The fraction of sp³-hybridized carbons (Fsp3) is 0.632. The summed E-state index contributed by atoms with van der Waals surface area (Å²) in [6.45, 7) is 25.6. The Labute approximate surface area is 507 Å². The number of ether oxygens (including phenoxy) is 4. The Bertz CT molecular complexity index is 3280. The summed E-state index contributed by atoms with van der Waals surface area (Å²) in [5, 5.41) is 6.71. The van der Waals surface area contributed by atoms with E-state index in [2.05, 4.69) is 118 Å². The summed E-state index contributed by atoms with van der Waals surface area (Å²) < 4.78 is 26.9. The molecule has 0 radical (unpaired) electrons. The number of hydrogen-bond donors (Lipinski definition) is 0. The molecule has 0 N–H and O–H groups in total. The van der Waals surface area contributed by atoms with Crippen molar-refractivity contribution in [2.75, 3.05) is 26.4 Å². The minimum absolute atomic E-state index is 0.177. The van der Waals surface area contributed by atoms with Crippen molar-refractivity contribution in [3.63, 3.8) is 0 Å². The number of unbranched alkanes of at least 4 members (excludes halogenated alkanes) is 28. The van der Waals surface area contributed by atoms with Gasteiger partial charge in [-0.05, 0) is 59.8 Å². The van der Waals surface area contributed by atoms with Crippen molar-refractivity contribution in [2.45, 2.75) is 286 Å². The third-order valence-electron chi connectivity index (χ3n) is 17.8. The van der Waals surface area contributed by atoms with Gasteiger partial charge < -0.3 is 18.9 Å².